The normalized spacial score (nSPS) is 22.0. The average Bonchev–Trinajstić information content (AvgIpc) is 2.26. The SMILES string of the molecule is CCC(N)C(N1CC=C(C(F)(F)F)CC1)C(F)(F)F. The summed E-state index contributed by atoms with van der Waals surface area (Å²) in [6.45, 7) is 0.847. The van der Waals surface area contributed by atoms with Gasteiger partial charge in [0.15, 0.2) is 0 Å². The minimum Gasteiger partial charge on any atom is -0.326 e. The van der Waals surface area contributed by atoms with Gasteiger partial charge in [-0.05, 0) is 12.8 Å². The van der Waals surface area contributed by atoms with Crippen molar-refractivity contribution in [1.82, 2.24) is 4.90 Å². The summed E-state index contributed by atoms with van der Waals surface area (Å²) < 4.78 is 75.9. The largest absolute Gasteiger partial charge is 0.412 e. The number of nitrogens with two attached hydrogens (primary N) is 1. The maximum absolute atomic E-state index is 12.9. The molecule has 2 nitrogen and oxygen atoms in total. The van der Waals surface area contributed by atoms with Crippen molar-refractivity contribution >= 4 is 0 Å². The van der Waals surface area contributed by atoms with Gasteiger partial charge in [-0.2, -0.15) is 26.3 Å². The Morgan fingerprint density at radius 2 is 1.84 bits per heavy atom. The summed E-state index contributed by atoms with van der Waals surface area (Å²) in [6, 6.07) is -3.04. The van der Waals surface area contributed by atoms with E-state index in [2.05, 4.69) is 0 Å². The van der Waals surface area contributed by atoms with Gasteiger partial charge in [-0.25, -0.2) is 0 Å². The third-order valence-electron chi connectivity index (χ3n) is 3.21. The zero-order valence-corrected chi connectivity index (χ0v) is 10.4. The molecule has 2 atom stereocenters. The lowest BCUT2D eigenvalue weighted by atomic mass is 10.00. The van der Waals surface area contributed by atoms with E-state index in [0.29, 0.717) is 0 Å². The third-order valence-corrected chi connectivity index (χ3v) is 3.21. The van der Waals surface area contributed by atoms with Crippen molar-refractivity contribution in [2.24, 2.45) is 5.73 Å². The van der Waals surface area contributed by atoms with Crippen LogP contribution >= 0.6 is 0 Å². The van der Waals surface area contributed by atoms with Crippen molar-refractivity contribution in [2.75, 3.05) is 13.1 Å². The van der Waals surface area contributed by atoms with Crippen molar-refractivity contribution in [3.8, 4) is 0 Å². The Morgan fingerprint density at radius 3 is 2.16 bits per heavy atom. The predicted molar refractivity (Wildman–Crippen MR) is 58.4 cm³/mol. The predicted octanol–water partition coefficient (Wildman–Crippen LogP) is 2.85. The highest BCUT2D eigenvalue weighted by Gasteiger charge is 2.47. The van der Waals surface area contributed by atoms with Crippen LogP contribution in [0.4, 0.5) is 26.3 Å². The first-order valence-electron chi connectivity index (χ1n) is 5.90. The van der Waals surface area contributed by atoms with Gasteiger partial charge in [0.25, 0.3) is 0 Å². The van der Waals surface area contributed by atoms with E-state index < -0.39 is 36.4 Å². The molecule has 112 valence electrons. The summed E-state index contributed by atoms with van der Waals surface area (Å²) in [5, 5.41) is 0. The fourth-order valence-corrected chi connectivity index (χ4v) is 2.14. The summed E-state index contributed by atoms with van der Waals surface area (Å²) in [5.74, 6) is 0. The molecule has 0 aromatic rings. The minimum absolute atomic E-state index is 0.108. The Kier molecular flexibility index (Phi) is 4.89. The average molecular weight is 290 g/mol. The van der Waals surface area contributed by atoms with Crippen LogP contribution in [-0.4, -0.2) is 42.4 Å². The standard InChI is InChI=1S/C11H16F6N2/c1-2-8(18)9(11(15,16)17)19-5-3-7(4-6-19)10(12,13)14/h3,8-9H,2,4-6,18H2,1H3. The molecule has 0 aromatic heterocycles. The lowest BCUT2D eigenvalue weighted by molar-refractivity contribution is -0.189. The monoisotopic (exact) mass is 290 g/mol. The maximum Gasteiger partial charge on any atom is 0.412 e. The van der Waals surface area contributed by atoms with Gasteiger partial charge in [-0.15, -0.1) is 0 Å². The van der Waals surface area contributed by atoms with Crippen LogP contribution in [0.5, 0.6) is 0 Å². The highest BCUT2D eigenvalue weighted by molar-refractivity contribution is 5.14. The van der Waals surface area contributed by atoms with Crippen molar-refractivity contribution < 1.29 is 26.3 Å². The van der Waals surface area contributed by atoms with Crippen LogP contribution < -0.4 is 5.73 Å². The molecule has 1 rings (SSSR count). The van der Waals surface area contributed by atoms with Crippen LogP contribution in [0, 0.1) is 0 Å². The third kappa shape index (κ3) is 4.10. The van der Waals surface area contributed by atoms with Crippen LogP contribution in [0.3, 0.4) is 0 Å². The molecule has 1 heterocycles. The van der Waals surface area contributed by atoms with E-state index in [1.54, 1.807) is 0 Å². The molecule has 2 unspecified atom stereocenters. The Morgan fingerprint density at radius 1 is 1.26 bits per heavy atom. The van der Waals surface area contributed by atoms with E-state index in [0.717, 1.165) is 11.0 Å². The highest BCUT2D eigenvalue weighted by atomic mass is 19.4. The van der Waals surface area contributed by atoms with Gasteiger partial charge in [-0.1, -0.05) is 13.0 Å². The van der Waals surface area contributed by atoms with E-state index in [1.165, 1.54) is 6.92 Å². The van der Waals surface area contributed by atoms with E-state index in [9.17, 15) is 26.3 Å². The van der Waals surface area contributed by atoms with Crippen LogP contribution in [0.25, 0.3) is 0 Å². The van der Waals surface area contributed by atoms with Crippen molar-refractivity contribution in [1.29, 1.82) is 0 Å². The number of rotatable bonds is 3. The summed E-state index contributed by atoms with van der Waals surface area (Å²) >= 11 is 0. The molecule has 0 fully saturated rings. The fourth-order valence-electron chi connectivity index (χ4n) is 2.14. The van der Waals surface area contributed by atoms with Crippen molar-refractivity contribution in [3.63, 3.8) is 0 Å². The fraction of sp³-hybridized carbons (Fsp3) is 0.818. The second kappa shape index (κ2) is 5.70. The van der Waals surface area contributed by atoms with E-state index in [-0.39, 0.29) is 19.5 Å². The van der Waals surface area contributed by atoms with Gasteiger partial charge in [0.1, 0.15) is 6.04 Å². The number of hydrogen-bond donors (Lipinski definition) is 1. The topological polar surface area (TPSA) is 29.3 Å². The minimum atomic E-state index is -4.54. The Bertz CT molecular complexity index is 333. The zero-order chi connectivity index (χ0) is 14.8. The first-order chi connectivity index (χ1) is 8.57. The molecule has 2 N–H and O–H groups in total. The molecule has 1 aliphatic heterocycles. The smallest absolute Gasteiger partial charge is 0.326 e. The van der Waals surface area contributed by atoms with Gasteiger partial charge in [0, 0.05) is 24.7 Å². The molecule has 1 aliphatic rings. The molecule has 0 saturated heterocycles. The second-order valence-electron chi connectivity index (χ2n) is 4.53. The van der Waals surface area contributed by atoms with Gasteiger partial charge in [0.2, 0.25) is 0 Å². The molecule has 8 heteroatoms. The summed E-state index contributed by atoms with van der Waals surface area (Å²) in [7, 11) is 0. The Hall–Kier alpha value is -0.760. The zero-order valence-electron chi connectivity index (χ0n) is 10.4. The number of hydrogen-bond acceptors (Lipinski definition) is 2. The van der Waals surface area contributed by atoms with Gasteiger partial charge >= 0.3 is 12.4 Å². The van der Waals surface area contributed by atoms with Gasteiger partial charge in [0.05, 0.1) is 0 Å². The second-order valence-corrected chi connectivity index (χ2v) is 4.53. The molecule has 0 amide bonds. The lowest BCUT2D eigenvalue weighted by Crippen LogP contribution is -2.57. The van der Waals surface area contributed by atoms with Gasteiger partial charge in [-0.3, -0.25) is 4.90 Å². The Balaban J connectivity index is 2.84. The molecular weight excluding hydrogens is 274 g/mol. The van der Waals surface area contributed by atoms with E-state index in [4.69, 9.17) is 5.73 Å². The number of halogens is 6. The maximum atomic E-state index is 12.9. The Labute approximate surface area is 107 Å². The van der Waals surface area contributed by atoms with Crippen LogP contribution in [-0.2, 0) is 0 Å². The van der Waals surface area contributed by atoms with Crippen molar-refractivity contribution in [3.05, 3.63) is 11.6 Å². The van der Waals surface area contributed by atoms with Gasteiger partial charge < -0.3 is 5.73 Å². The van der Waals surface area contributed by atoms with E-state index in [1.807, 2.05) is 0 Å². The van der Waals surface area contributed by atoms with Crippen LogP contribution in [0.2, 0.25) is 0 Å². The quantitative estimate of drug-likeness (QED) is 0.639. The number of nitrogens with zero attached hydrogens (tertiary/aromatic N) is 1. The number of alkyl halides is 6. The molecular formula is C11H16F6N2. The summed E-state index contributed by atoms with van der Waals surface area (Å²) in [4.78, 5) is 0.962. The molecule has 19 heavy (non-hydrogen) atoms. The summed E-state index contributed by atoms with van der Waals surface area (Å²) in [5.41, 5.74) is 4.68. The molecule has 0 bridgehead atoms. The highest BCUT2D eigenvalue weighted by Crippen LogP contribution is 2.34. The molecule has 0 spiro atoms. The van der Waals surface area contributed by atoms with Crippen LogP contribution in [0.1, 0.15) is 19.8 Å². The first-order valence-corrected chi connectivity index (χ1v) is 5.90. The summed E-state index contributed by atoms with van der Waals surface area (Å²) in [6.07, 6.45) is -8.53. The molecule has 0 radical (unpaired) electrons. The molecule has 0 saturated carbocycles. The van der Waals surface area contributed by atoms with Crippen molar-refractivity contribution in [2.45, 2.75) is 44.2 Å². The lowest BCUT2D eigenvalue weighted by Gasteiger charge is -2.38. The van der Waals surface area contributed by atoms with Crippen LogP contribution in [0.15, 0.2) is 11.6 Å². The first kappa shape index (κ1) is 16.3. The molecule has 0 aromatic carbocycles. The van der Waals surface area contributed by atoms with E-state index >= 15 is 0 Å². The molecule has 0 aliphatic carbocycles.